The summed E-state index contributed by atoms with van der Waals surface area (Å²) in [6, 6.07) is 11.3. The minimum absolute atomic E-state index is 0.0152. The third kappa shape index (κ3) is 8.61. The first-order valence-corrected chi connectivity index (χ1v) is 22.2. The molecule has 2 bridgehead atoms. The van der Waals surface area contributed by atoms with Crippen molar-refractivity contribution in [2.45, 2.75) is 63.3 Å². The number of imidazole rings is 1. The normalized spacial score (nSPS) is 28.8. The molecule has 1 spiro atoms. The van der Waals surface area contributed by atoms with Gasteiger partial charge in [0.05, 0.1) is 60.0 Å². The molecule has 2 aliphatic heterocycles. The van der Waals surface area contributed by atoms with Gasteiger partial charge in [0.15, 0.2) is 0 Å². The van der Waals surface area contributed by atoms with E-state index in [1.165, 1.54) is 29.1 Å². The average molecular weight is 844 g/mol. The van der Waals surface area contributed by atoms with Gasteiger partial charge in [-0.1, -0.05) is 36.7 Å². The van der Waals surface area contributed by atoms with Gasteiger partial charge in [0, 0.05) is 61.3 Å². The lowest BCUT2D eigenvalue weighted by molar-refractivity contribution is 0.0332. The number of nitrogens with zero attached hydrogens (tertiary/aromatic N) is 7. The smallest absolute Gasteiger partial charge is 0.285 e. The second-order valence-electron chi connectivity index (χ2n) is 16.5. The minimum atomic E-state index is -3.67. The van der Waals surface area contributed by atoms with Crippen molar-refractivity contribution >= 4 is 44.4 Å². The van der Waals surface area contributed by atoms with E-state index >= 15 is 0 Å². The summed E-state index contributed by atoms with van der Waals surface area (Å²) in [5.74, 6) is -1.33. The second kappa shape index (κ2) is 16.7. The van der Waals surface area contributed by atoms with Crippen LogP contribution in [0.1, 0.15) is 70.1 Å². The lowest BCUT2D eigenvalue weighted by atomic mass is 9.68. The van der Waals surface area contributed by atoms with Crippen molar-refractivity contribution in [3.63, 3.8) is 0 Å². The number of aryl methyl sites for hydroxylation is 3. The van der Waals surface area contributed by atoms with Crippen LogP contribution in [0.25, 0.3) is 0 Å². The summed E-state index contributed by atoms with van der Waals surface area (Å²) in [6.07, 6.45) is 11.8. The fraction of sp³-hybridized carbons (Fsp3) is 0.465. The molecule has 4 aliphatic rings. The number of ether oxygens (including phenoxy) is 3. The van der Waals surface area contributed by atoms with Gasteiger partial charge in [-0.3, -0.25) is 14.3 Å². The van der Waals surface area contributed by atoms with Crippen molar-refractivity contribution in [2.24, 2.45) is 41.2 Å². The van der Waals surface area contributed by atoms with E-state index in [2.05, 4.69) is 36.5 Å². The van der Waals surface area contributed by atoms with Crippen LogP contribution in [0.2, 0.25) is 5.02 Å². The van der Waals surface area contributed by atoms with Crippen LogP contribution < -0.4 is 14.4 Å². The molecule has 14 nitrogen and oxygen atoms in total. The lowest BCUT2D eigenvalue weighted by Gasteiger charge is -2.45. The number of hydrogen-bond acceptors (Lipinski definition) is 10. The minimum Gasteiger partial charge on any atom is -0.490 e. The van der Waals surface area contributed by atoms with Gasteiger partial charge in [-0.15, -0.1) is 5.10 Å². The first-order chi connectivity index (χ1) is 28.3. The number of carbonyl (C=O) groups excluding carboxylic acids is 2. The van der Waals surface area contributed by atoms with Gasteiger partial charge in [0.2, 0.25) is 5.88 Å². The predicted octanol–water partition coefficient (Wildman–Crippen LogP) is 5.94. The van der Waals surface area contributed by atoms with Crippen LogP contribution >= 0.6 is 11.6 Å². The highest BCUT2D eigenvalue weighted by atomic mass is 35.5. The van der Waals surface area contributed by atoms with Crippen LogP contribution in [0.3, 0.4) is 0 Å². The number of hydrogen-bond donors (Lipinski definition) is 1. The first-order valence-electron chi connectivity index (χ1n) is 20.0. The molecule has 312 valence electrons. The molecule has 0 saturated heterocycles. The number of aliphatic hydroxyl groups is 1. The van der Waals surface area contributed by atoms with E-state index in [0.717, 1.165) is 43.3 Å². The summed E-state index contributed by atoms with van der Waals surface area (Å²) in [4.78, 5) is 38.4. The Morgan fingerprint density at radius 3 is 2.78 bits per heavy atom. The number of aliphatic hydroxyl groups excluding tert-OH is 1. The Kier molecular flexibility index (Phi) is 11.6. The van der Waals surface area contributed by atoms with E-state index in [1.807, 2.05) is 36.9 Å². The van der Waals surface area contributed by atoms with Crippen LogP contribution in [0.5, 0.6) is 11.6 Å². The monoisotopic (exact) mass is 843 g/mol. The number of benzene rings is 2. The molecule has 2 aliphatic carbocycles. The molecule has 1 unspecified atom stereocenters. The number of fused-ring (bicyclic) bond motifs is 4. The van der Waals surface area contributed by atoms with E-state index in [0.29, 0.717) is 36.2 Å². The number of anilines is 1. The maximum Gasteiger partial charge on any atom is 0.285 e. The SMILES string of the molecule is COc1nn(C)cc1C(=O)/N=C/S1(=O)=NC(=O)c2ccc3c(c2)N(C[C@@H]2CC[C@H]2[C@@H](O)/C=C/[C@H](OCc2cn(C)cn2)[C@H](C)C1)C[C@@]1(CCCc2cc(Cl)ccc21)CO3. The van der Waals surface area contributed by atoms with Gasteiger partial charge < -0.3 is 28.8 Å². The molecule has 8 rings (SSSR count). The quantitative estimate of drug-likeness (QED) is 0.140. The third-order valence-electron chi connectivity index (χ3n) is 12.2. The number of aliphatic imine (C=N–C) groups is 1. The summed E-state index contributed by atoms with van der Waals surface area (Å²) < 4.78 is 40.9. The van der Waals surface area contributed by atoms with Crippen LogP contribution in [0.4, 0.5) is 5.69 Å². The van der Waals surface area contributed by atoms with E-state index < -0.39 is 39.7 Å². The number of carbonyl (C=O) groups is 2. The first kappa shape index (κ1) is 40.9. The van der Waals surface area contributed by atoms with Crippen LogP contribution in [0, 0.1) is 17.8 Å². The Balaban J connectivity index is 1.20. The van der Waals surface area contributed by atoms with Gasteiger partial charge >= 0.3 is 0 Å². The molecule has 1 N–H and O–H groups in total. The summed E-state index contributed by atoms with van der Waals surface area (Å²) in [6.45, 7) is 3.68. The molecule has 0 radical (unpaired) electrons. The zero-order chi connectivity index (χ0) is 41.5. The summed E-state index contributed by atoms with van der Waals surface area (Å²) >= 11 is 6.47. The molecule has 1 fully saturated rings. The van der Waals surface area contributed by atoms with Crippen molar-refractivity contribution in [1.29, 1.82) is 0 Å². The van der Waals surface area contributed by atoms with Crippen LogP contribution in [-0.4, -0.2) is 90.8 Å². The number of methoxy groups -OCH3 is 1. The van der Waals surface area contributed by atoms with Crippen LogP contribution in [-0.2, 0) is 47.0 Å². The number of halogens is 1. The van der Waals surface area contributed by atoms with Crippen LogP contribution in [0.15, 0.2) is 76.6 Å². The van der Waals surface area contributed by atoms with Gasteiger partial charge in [0.25, 0.3) is 11.8 Å². The molecule has 1 saturated carbocycles. The highest BCUT2D eigenvalue weighted by Gasteiger charge is 2.44. The molecule has 2 aromatic carbocycles. The van der Waals surface area contributed by atoms with E-state index in [9.17, 15) is 18.9 Å². The second-order valence-corrected chi connectivity index (χ2v) is 19.0. The van der Waals surface area contributed by atoms with Crippen molar-refractivity contribution < 1.29 is 33.1 Å². The Morgan fingerprint density at radius 2 is 2.02 bits per heavy atom. The standard InChI is InChI=1S/C43H50ClN7O7S/c1-27-22-59(55,26-46-41(54)34-20-50(3)47-42(34)56-4)48-40(53)29-8-13-39-36(17-29)51(23-43(24-58-39)15-5-6-28-16-31(44)9-11-35(28)43)18-30-7-10-33(30)37(52)12-14-38(27)57-21-32-19-49(2)25-45-32/h8-9,11-14,16-17,19-20,25-27,30,33,37-38,52H,5-7,10,15,18,21-24H2,1-4H3/b14-12+,46-26+/t27-,30+,33-,37+,38+,43+,59?/m1/s1. The molecule has 4 aromatic rings. The topological polar surface area (TPSA) is 163 Å². The Hall–Kier alpha value is -4.83. The molecular weight excluding hydrogens is 794 g/mol. The van der Waals surface area contributed by atoms with Gasteiger partial charge in [-0.2, -0.15) is 4.36 Å². The van der Waals surface area contributed by atoms with Gasteiger partial charge in [-0.05, 0) is 91.3 Å². The van der Waals surface area contributed by atoms with Crippen molar-refractivity contribution in [1.82, 2.24) is 19.3 Å². The number of amides is 2. The maximum atomic E-state index is 15.0. The molecule has 7 atom stereocenters. The van der Waals surface area contributed by atoms with Crippen molar-refractivity contribution in [3.8, 4) is 11.6 Å². The zero-order valence-electron chi connectivity index (χ0n) is 33.7. The number of aromatic nitrogens is 4. The fourth-order valence-corrected chi connectivity index (χ4v) is 11.0. The third-order valence-corrected chi connectivity index (χ3v) is 14.3. The van der Waals surface area contributed by atoms with E-state index in [4.69, 9.17) is 25.8 Å². The highest BCUT2D eigenvalue weighted by Crippen LogP contribution is 2.47. The summed E-state index contributed by atoms with van der Waals surface area (Å²) in [5, 5.41) is 16.6. The van der Waals surface area contributed by atoms with E-state index in [-0.39, 0.29) is 46.6 Å². The molecule has 2 amide bonds. The zero-order valence-corrected chi connectivity index (χ0v) is 35.3. The number of rotatable bonds is 6. The van der Waals surface area contributed by atoms with Crippen molar-refractivity contribution in [2.75, 3.05) is 37.5 Å². The van der Waals surface area contributed by atoms with Gasteiger partial charge in [-0.25, -0.2) is 14.2 Å². The summed E-state index contributed by atoms with van der Waals surface area (Å²) in [7, 11) is 1.22. The Morgan fingerprint density at radius 1 is 1.17 bits per heavy atom. The molecule has 16 heteroatoms. The van der Waals surface area contributed by atoms with Gasteiger partial charge in [0.1, 0.15) is 16.9 Å². The Labute approximate surface area is 349 Å². The predicted molar refractivity (Wildman–Crippen MR) is 225 cm³/mol. The molecule has 4 heterocycles. The highest BCUT2D eigenvalue weighted by molar-refractivity contribution is 8.06. The maximum absolute atomic E-state index is 15.0. The lowest BCUT2D eigenvalue weighted by Crippen LogP contribution is -2.49. The molecular formula is C43H50ClN7O7S. The molecule has 59 heavy (non-hydrogen) atoms. The average Bonchev–Trinajstić information content (AvgIpc) is 3.76. The largest absolute Gasteiger partial charge is 0.490 e. The van der Waals surface area contributed by atoms with Crippen molar-refractivity contribution in [3.05, 3.63) is 100 Å². The molecule has 2 aromatic heterocycles. The summed E-state index contributed by atoms with van der Waals surface area (Å²) in [5.41, 5.74) is 4.79. The Bertz CT molecular complexity index is 2440. The fourth-order valence-electron chi connectivity index (χ4n) is 9.03. The van der Waals surface area contributed by atoms with E-state index in [1.54, 1.807) is 37.7 Å².